The predicted molar refractivity (Wildman–Crippen MR) is 113 cm³/mol. The van der Waals surface area contributed by atoms with E-state index in [1.54, 1.807) is 0 Å². The fraction of sp³-hybridized carbons (Fsp3) is 0.458. The second-order valence-electron chi connectivity index (χ2n) is 7.49. The number of benzene rings is 2. The van der Waals surface area contributed by atoms with Crippen LogP contribution in [0.5, 0.6) is 0 Å². The van der Waals surface area contributed by atoms with Gasteiger partial charge in [0, 0.05) is 24.5 Å². The molecule has 0 aliphatic carbocycles. The Bertz CT molecular complexity index is 683. The Morgan fingerprint density at radius 1 is 0.857 bits per heavy atom. The Hall–Kier alpha value is -2.01. The maximum absolute atomic E-state index is 12.3. The highest BCUT2D eigenvalue weighted by Gasteiger charge is 2.14. The first-order chi connectivity index (χ1) is 13.6. The van der Waals surface area contributed by atoms with Crippen LogP contribution in [0.3, 0.4) is 0 Å². The zero-order valence-corrected chi connectivity index (χ0v) is 16.6. The van der Waals surface area contributed by atoms with Crippen molar-refractivity contribution in [1.29, 1.82) is 0 Å². The minimum Gasteiger partial charge on any atom is -0.396 e. The molecule has 0 aliphatic rings. The highest BCUT2D eigenvalue weighted by molar-refractivity contribution is 5.96. The third-order valence-corrected chi connectivity index (χ3v) is 5.26. The van der Waals surface area contributed by atoms with Crippen LogP contribution in [-0.2, 0) is 12.8 Å². The zero-order chi connectivity index (χ0) is 20.2. The van der Waals surface area contributed by atoms with Crippen LogP contribution < -0.4 is 5.73 Å². The number of ketones is 1. The fourth-order valence-electron chi connectivity index (χ4n) is 3.34. The van der Waals surface area contributed by atoms with E-state index in [0.717, 1.165) is 43.2 Å². The van der Waals surface area contributed by atoms with Gasteiger partial charge in [-0.2, -0.15) is 0 Å². The van der Waals surface area contributed by atoms with Gasteiger partial charge in [0.1, 0.15) is 6.23 Å². The van der Waals surface area contributed by atoms with Gasteiger partial charge in [0.25, 0.3) is 0 Å². The van der Waals surface area contributed by atoms with Gasteiger partial charge in [0.2, 0.25) is 0 Å². The van der Waals surface area contributed by atoms with Crippen LogP contribution in [-0.4, -0.2) is 28.8 Å². The zero-order valence-electron chi connectivity index (χ0n) is 16.6. The predicted octanol–water partition coefficient (Wildman–Crippen LogP) is 3.88. The molecule has 0 saturated carbocycles. The van der Waals surface area contributed by atoms with Crippen molar-refractivity contribution in [2.75, 3.05) is 6.61 Å². The van der Waals surface area contributed by atoms with E-state index in [1.807, 2.05) is 30.3 Å². The van der Waals surface area contributed by atoms with Gasteiger partial charge in [-0.05, 0) is 43.2 Å². The first-order valence-electron chi connectivity index (χ1n) is 10.3. The topological polar surface area (TPSA) is 83.6 Å². The first kappa shape index (κ1) is 22.3. The van der Waals surface area contributed by atoms with E-state index in [0.29, 0.717) is 12.8 Å². The number of aliphatic hydroxyl groups excluding tert-OH is 2. The molecule has 2 atom stereocenters. The molecule has 0 fully saturated rings. The summed E-state index contributed by atoms with van der Waals surface area (Å²) in [5, 5.41) is 18.6. The average molecular weight is 384 g/mol. The summed E-state index contributed by atoms with van der Waals surface area (Å²) < 4.78 is 0. The number of hydrogen-bond acceptors (Lipinski definition) is 4. The summed E-state index contributed by atoms with van der Waals surface area (Å²) in [4.78, 5) is 12.3. The van der Waals surface area contributed by atoms with E-state index >= 15 is 0 Å². The van der Waals surface area contributed by atoms with Crippen molar-refractivity contribution >= 4 is 5.78 Å². The summed E-state index contributed by atoms with van der Waals surface area (Å²) in [6.45, 7) is -0.125. The summed E-state index contributed by atoms with van der Waals surface area (Å²) in [6, 6.07) is 18.2. The lowest BCUT2D eigenvalue weighted by Crippen LogP contribution is -2.32. The molecule has 2 rings (SSSR count). The van der Waals surface area contributed by atoms with Crippen LogP contribution >= 0.6 is 0 Å². The van der Waals surface area contributed by atoms with Gasteiger partial charge in [0.05, 0.1) is 0 Å². The van der Waals surface area contributed by atoms with E-state index in [1.165, 1.54) is 12.0 Å². The highest BCUT2D eigenvalue weighted by atomic mass is 16.3. The van der Waals surface area contributed by atoms with E-state index in [4.69, 9.17) is 5.73 Å². The van der Waals surface area contributed by atoms with Crippen LogP contribution in [0.1, 0.15) is 60.0 Å². The number of nitrogens with two attached hydrogens (primary N) is 1. The van der Waals surface area contributed by atoms with Crippen molar-refractivity contribution in [2.24, 2.45) is 11.7 Å². The summed E-state index contributed by atoms with van der Waals surface area (Å²) in [6.07, 6.45) is 6.37. The van der Waals surface area contributed by atoms with Crippen molar-refractivity contribution < 1.29 is 15.0 Å². The lowest BCUT2D eigenvalue weighted by atomic mass is 9.97. The summed E-state index contributed by atoms with van der Waals surface area (Å²) in [5.74, 6) is -0.122. The minimum absolute atomic E-state index is 0.125. The van der Waals surface area contributed by atoms with Crippen LogP contribution in [0, 0.1) is 5.92 Å². The van der Waals surface area contributed by atoms with Gasteiger partial charge in [-0.25, -0.2) is 0 Å². The fourth-order valence-corrected chi connectivity index (χ4v) is 3.34. The van der Waals surface area contributed by atoms with Crippen LogP contribution in [0.4, 0.5) is 0 Å². The second kappa shape index (κ2) is 12.4. The molecule has 0 spiro atoms. The molecular weight excluding hydrogens is 350 g/mol. The van der Waals surface area contributed by atoms with E-state index in [2.05, 4.69) is 24.3 Å². The van der Waals surface area contributed by atoms with Gasteiger partial charge in [-0.3, -0.25) is 4.79 Å². The molecule has 0 amide bonds. The molecule has 0 aromatic heterocycles. The lowest BCUT2D eigenvalue weighted by Gasteiger charge is -2.16. The van der Waals surface area contributed by atoms with Crippen molar-refractivity contribution in [3.63, 3.8) is 0 Å². The third kappa shape index (κ3) is 7.93. The van der Waals surface area contributed by atoms with Crippen LogP contribution in [0.15, 0.2) is 54.6 Å². The molecule has 0 heterocycles. The van der Waals surface area contributed by atoms with E-state index < -0.39 is 6.23 Å². The third-order valence-electron chi connectivity index (χ3n) is 5.26. The van der Waals surface area contributed by atoms with Crippen molar-refractivity contribution in [2.45, 2.75) is 57.6 Å². The van der Waals surface area contributed by atoms with E-state index in [-0.39, 0.29) is 18.3 Å². The van der Waals surface area contributed by atoms with Gasteiger partial charge in [-0.1, -0.05) is 67.4 Å². The van der Waals surface area contributed by atoms with Crippen molar-refractivity contribution in [1.82, 2.24) is 0 Å². The number of unbranched alkanes of at least 4 members (excludes halogenated alkanes) is 3. The molecular formula is C24H33NO3. The van der Waals surface area contributed by atoms with Gasteiger partial charge in [0.15, 0.2) is 5.78 Å². The van der Waals surface area contributed by atoms with Crippen LogP contribution in [0.25, 0.3) is 0 Å². The Balaban J connectivity index is 1.64. The molecule has 4 N–H and O–H groups in total. The molecule has 2 unspecified atom stereocenters. The summed E-state index contributed by atoms with van der Waals surface area (Å²) in [7, 11) is 0. The summed E-state index contributed by atoms with van der Waals surface area (Å²) >= 11 is 0. The van der Waals surface area contributed by atoms with Crippen molar-refractivity contribution in [3.8, 4) is 0 Å². The molecule has 4 heteroatoms. The Labute approximate surface area is 168 Å². The molecule has 28 heavy (non-hydrogen) atoms. The number of rotatable bonds is 13. The van der Waals surface area contributed by atoms with E-state index in [9.17, 15) is 15.0 Å². The number of carbonyl (C=O) groups is 1. The second-order valence-corrected chi connectivity index (χ2v) is 7.49. The monoisotopic (exact) mass is 383 g/mol. The van der Waals surface area contributed by atoms with Gasteiger partial charge in [-0.15, -0.1) is 0 Å². The van der Waals surface area contributed by atoms with Gasteiger partial charge >= 0.3 is 0 Å². The number of hydrogen-bond donors (Lipinski definition) is 3. The SMILES string of the molecule is NC(O)C(CO)CCc1ccc(C(=O)CCCCCCc2ccccc2)cc1. The molecule has 0 saturated heterocycles. The lowest BCUT2D eigenvalue weighted by molar-refractivity contribution is 0.0674. The average Bonchev–Trinajstić information content (AvgIpc) is 2.72. The Morgan fingerprint density at radius 3 is 2.14 bits per heavy atom. The number of Topliss-reactive ketones (excluding diaryl/α,β-unsaturated/α-hetero) is 1. The Kier molecular flexibility index (Phi) is 9.91. The standard InChI is InChI=1S/C24H33NO3/c25-24(28)22(18-26)17-14-20-12-15-21(16-13-20)23(27)11-7-2-1-4-8-19-9-5-3-6-10-19/h3,5-6,9-10,12-13,15-16,22,24,26,28H,1-2,4,7-8,11,14,17-18,25H2. The molecule has 4 nitrogen and oxygen atoms in total. The molecule has 152 valence electrons. The number of carbonyl (C=O) groups excluding carboxylic acids is 1. The van der Waals surface area contributed by atoms with Crippen molar-refractivity contribution in [3.05, 3.63) is 71.3 Å². The highest BCUT2D eigenvalue weighted by Crippen LogP contribution is 2.15. The smallest absolute Gasteiger partial charge is 0.162 e. The molecule has 0 radical (unpaired) electrons. The van der Waals surface area contributed by atoms with Gasteiger partial charge < -0.3 is 15.9 Å². The maximum Gasteiger partial charge on any atom is 0.162 e. The summed E-state index contributed by atoms with van der Waals surface area (Å²) in [5.41, 5.74) is 8.65. The molecule has 2 aromatic carbocycles. The molecule has 0 bridgehead atoms. The normalized spacial score (nSPS) is 13.2. The first-order valence-corrected chi connectivity index (χ1v) is 10.3. The molecule has 0 aliphatic heterocycles. The van der Waals surface area contributed by atoms with Crippen LogP contribution in [0.2, 0.25) is 0 Å². The largest absolute Gasteiger partial charge is 0.396 e. The quantitative estimate of drug-likeness (QED) is 0.278. The number of aryl methyl sites for hydroxylation is 2. The molecule has 2 aromatic rings. The minimum atomic E-state index is -1.00. The maximum atomic E-state index is 12.3. The number of aliphatic hydroxyl groups is 2. The Morgan fingerprint density at radius 2 is 1.50 bits per heavy atom.